The summed E-state index contributed by atoms with van der Waals surface area (Å²) in [6.45, 7) is 4.19. The average Bonchev–Trinajstić information content (AvgIpc) is 2.75. The van der Waals surface area contributed by atoms with Crippen LogP contribution in [0.5, 0.6) is 0 Å². The Morgan fingerprint density at radius 2 is 2.25 bits per heavy atom. The quantitative estimate of drug-likeness (QED) is 0.743. The zero-order valence-electron chi connectivity index (χ0n) is 9.82. The molecule has 0 aromatic carbocycles. The van der Waals surface area contributed by atoms with Crippen molar-refractivity contribution in [3.8, 4) is 0 Å². The molecule has 0 radical (unpaired) electrons. The first-order valence-electron chi connectivity index (χ1n) is 6.28. The molecule has 3 rings (SSSR count). The standard InChI is InChI=1S/C13H19NOS/c1-10-6-9-16-13(10)14-7-8-15-12-5-3-2-4-11(12)14/h6,9,11-12H,2-5,7-8H2,1H3/t11-,12+/m1/s1. The van der Waals surface area contributed by atoms with Crippen LogP contribution in [0.25, 0.3) is 0 Å². The van der Waals surface area contributed by atoms with Crippen molar-refractivity contribution < 1.29 is 4.74 Å². The fourth-order valence-electron chi connectivity index (χ4n) is 3.01. The number of ether oxygens (including phenoxy) is 1. The summed E-state index contributed by atoms with van der Waals surface area (Å²) in [6, 6.07) is 2.87. The molecule has 2 heterocycles. The SMILES string of the molecule is Cc1ccsc1N1CCO[C@H]2CCCC[C@H]21. The smallest absolute Gasteiger partial charge is 0.0942 e. The molecule has 1 saturated carbocycles. The first kappa shape index (κ1) is 10.6. The summed E-state index contributed by atoms with van der Waals surface area (Å²) in [6.07, 6.45) is 5.77. The van der Waals surface area contributed by atoms with E-state index in [9.17, 15) is 0 Å². The van der Waals surface area contributed by atoms with Gasteiger partial charge in [-0.15, -0.1) is 11.3 Å². The maximum absolute atomic E-state index is 5.91. The monoisotopic (exact) mass is 237 g/mol. The molecule has 3 heteroatoms. The summed E-state index contributed by atoms with van der Waals surface area (Å²) >= 11 is 1.88. The van der Waals surface area contributed by atoms with Crippen LogP contribution in [0.1, 0.15) is 31.2 Å². The van der Waals surface area contributed by atoms with Crippen molar-refractivity contribution >= 4 is 16.3 Å². The lowest BCUT2D eigenvalue weighted by Gasteiger charge is -2.44. The molecule has 0 N–H and O–H groups in total. The number of thiophene rings is 1. The van der Waals surface area contributed by atoms with E-state index < -0.39 is 0 Å². The predicted octanol–water partition coefficient (Wildman–Crippen LogP) is 3.20. The Bertz CT molecular complexity index is 361. The van der Waals surface area contributed by atoms with E-state index in [0.29, 0.717) is 12.1 Å². The van der Waals surface area contributed by atoms with E-state index in [1.165, 1.54) is 36.2 Å². The topological polar surface area (TPSA) is 12.5 Å². The van der Waals surface area contributed by atoms with Crippen molar-refractivity contribution in [2.24, 2.45) is 0 Å². The van der Waals surface area contributed by atoms with Crippen molar-refractivity contribution in [3.05, 3.63) is 17.0 Å². The number of hydrogen-bond donors (Lipinski definition) is 0. The largest absolute Gasteiger partial charge is 0.374 e. The highest BCUT2D eigenvalue weighted by Crippen LogP contribution is 2.36. The second-order valence-electron chi connectivity index (χ2n) is 4.86. The Labute approximate surface area is 101 Å². The number of fused-ring (bicyclic) bond motifs is 1. The Kier molecular flexibility index (Phi) is 2.90. The molecule has 2 nitrogen and oxygen atoms in total. The zero-order chi connectivity index (χ0) is 11.0. The number of aryl methyl sites for hydroxylation is 1. The molecule has 1 aromatic rings. The summed E-state index contributed by atoms with van der Waals surface area (Å²) in [4.78, 5) is 2.60. The highest BCUT2D eigenvalue weighted by atomic mass is 32.1. The Morgan fingerprint density at radius 3 is 3.06 bits per heavy atom. The van der Waals surface area contributed by atoms with Crippen molar-refractivity contribution in [2.45, 2.75) is 44.8 Å². The molecule has 2 fully saturated rings. The van der Waals surface area contributed by atoms with Crippen LogP contribution in [-0.4, -0.2) is 25.3 Å². The van der Waals surface area contributed by atoms with Gasteiger partial charge in [-0.1, -0.05) is 12.8 Å². The van der Waals surface area contributed by atoms with E-state index in [0.717, 1.165) is 13.2 Å². The average molecular weight is 237 g/mol. The molecule has 2 aliphatic rings. The lowest BCUT2D eigenvalue weighted by molar-refractivity contribution is -0.00844. The minimum atomic E-state index is 0.490. The summed E-state index contributed by atoms with van der Waals surface area (Å²) in [5, 5.41) is 3.68. The highest BCUT2D eigenvalue weighted by Gasteiger charge is 2.35. The lowest BCUT2D eigenvalue weighted by Crippen LogP contribution is -2.52. The summed E-state index contributed by atoms with van der Waals surface area (Å²) < 4.78 is 5.91. The van der Waals surface area contributed by atoms with Crippen molar-refractivity contribution in [2.75, 3.05) is 18.1 Å². The molecule has 0 bridgehead atoms. The second kappa shape index (κ2) is 4.38. The van der Waals surface area contributed by atoms with Crippen LogP contribution in [0.3, 0.4) is 0 Å². The number of hydrogen-bond acceptors (Lipinski definition) is 3. The third-order valence-corrected chi connectivity index (χ3v) is 4.88. The Balaban J connectivity index is 1.86. The van der Waals surface area contributed by atoms with Gasteiger partial charge in [-0.05, 0) is 36.8 Å². The molecule has 16 heavy (non-hydrogen) atoms. The van der Waals surface area contributed by atoms with Crippen LogP contribution in [0.2, 0.25) is 0 Å². The van der Waals surface area contributed by atoms with Crippen LogP contribution in [0.15, 0.2) is 11.4 Å². The molecule has 1 saturated heterocycles. The Morgan fingerprint density at radius 1 is 1.38 bits per heavy atom. The normalized spacial score (nSPS) is 30.2. The van der Waals surface area contributed by atoms with E-state index in [1.807, 2.05) is 11.3 Å². The molecule has 0 spiro atoms. The molecular formula is C13H19NOS. The van der Waals surface area contributed by atoms with Gasteiger partial charge in [-0.25, -0.2) is 0 Å². The second-order valence-corrected chi connectivity index (χ2v) is 5.76. The van der Waals surface area contributed by atoms with E-state index in [-0.39, 0.29) is 0 Å². The molecule has 1 aromatic heterocycles. The van der Waals surface area contributed by atoms with Gasteiger partial charge < -0.3 is 9.64 Å². The maximum Gasteiger partial charge on any atom is 0.0942 e. The maximum atomic E-state index is 5.91. The first-order valence-corrected chi connectivity index (χ1v) is 7.16. The van der Waals surface area contributed by atoms with Crippen molar-refractivity contribution in [3.63, 3.8) is 0 Å². The lowest BCUT2D eigenvalue weighted by atomic mass is 9.90. The zero-order valence-corrected chi connectivity index (χ0v) is 10.6. The molecule has 2 atom stereocenters. The number of nitrogens with zero attached hydrogens (tertiary/aromatic N) is 1. The van der Waals surface area contributed by atoms with Crippen molar-refractivity contribution in [1.82, 2.24) is 0 Å². The van der Waals surface area contributed by atoms with Gasteiger partial charge in [0, 0.05) is 6.54 Å². The fourth-order valence-corrected chi connectivity index (χ4v) is 4.02. The molecule has 0 unspecified atom stereocenters. The number of rotatable bonds is 1. The van der Waals surface area contributed by atoms with E-state index in [1.54, 1.807) is 0 Å². The summed E-state index contributed by atoms with van der Waals surface area (Å²) in [7, 11) is 0. The van der Waals surface area contributed by atoms with E-state index in [4.69, 9.17) is 4.74 Å². The van der Waals surface area contributed by atoms with Crippen LogP contribution >= 0.6 is 11.3 Å². The minimum Gasteiger partial charge on any atom is -0.374 e. The third kappa shape index (κ3) is 1.76. The number of morpholine rings is 1. The van der Waals surface area contributed by atoms with Crippen LogP contribution in [0, 0.1) is 6.92 Å². The van der Waals surface area contributed by atoms with E-state index in [2.05, 4.69) is 23.3 Å². The van der Waals surface area contributed by atoms with Gasteiger partial charge >= 0.3 is 0 Å². The highest BCUT2D eigenvalue weighted by molar-refractivity contribution is 7.14. The van der Waals surface area contributed by atoms with Crippen molar-refractivity contribution in [1.29, 1.82) is 0 Å². The van der Waals surface area contributed by atoms with Crippen LogP contribution in [0.4, 0.5) is 5.00 Å². The minimum absolute atomic E-state index is 0.490. The van der Waals surface area contributed by atoms with Crippen LogP contribution < -0.4 is 4.90 Å². The Hall–Kier alpha value is -0.540. The van der Waals surface area contributed by atoms with Gasteiger partial charge in [-0.2, -0.15) is 0 Å². The first-order chi connectivity index (χ1) is 7.86. The van der Waals surface area contributed by atoms with Gasteiger partial charge in [0.1, 0.15) is 0 Å². The summed E-state index contributed by atoms with van der Waals surface area (Å²) in [5.74, 6) is 0. The van der Waals surface area contributed by atoms with Crippen LogP contribution in [-0.2, 0) is 4.74 Å². The number of anilines is 1. The van der Waals surface area contributed by atoms with Gasteiger partial charge in [0.2, 0.25) is 0 Å². The summed E-state index contributed by atoms with van der Waals surface area (Å²) in [5.41, 5.74) is 1.43. The molecule has 1 aliphatic heterocycles. The predicted molar refractivity (Wildman–Crippen MR) is 68.4 cm³/mol. The molecular weight excluding hydrogens is 218 g/mol. The van der Waals surface area contributed by atoms with Gasteiger partial charge in [-0.3, -0.25) is 0 Å². The van der Waals surface area contributed by atoms with Gasteiger partial charge in [0.15, 0.2) is 0 Å². The third-order valence-electron chi connectivity index (χ3n) is 3.83. The van der Waals surface area contributed by atoms with Gasteiger partial charge in [0.05, 0.1) is 23.8 Å². The van der Waals surface area contributed by atoms with E-state index >= 15 is 0 Å². The molecule has 0 amide bonds. The molecule has 88 valence electrons. The van der Waals surface area contributed by atoms with Gasteiger partial charge in [0.25, 0.3) is 0 Å². The fraction of sp³-hybridized carbons (Fsp3) is 0.692. The molecule has 1 aliphatic carbocycles.